The predicted molar refractivity (Wildman–Crippen MR) is 124 cm³/mol. The third-order valence-corrected chi connectivity index (χ3v) is 5.00. The largest absolute Gasteiger partial charge is 0.494 e. The minimum absolute atomic E-state index is 0.178. The van der Waals surface area contributed by atoms with E-state index in [0.29, 0.717) is 29.2 Å². The minimum atomic E-state index is -0.440. The van der Waals surface area contributed by atoms with Crippen molar-refractivity contribution in [2.45, 2.75) is 13.8 Å². The van der Waals surface area contributed by atoms with E-state index in [1.165, 1.54) is 6.07 Å². The summed E-state index contributed by atoms with van der Waals surface area (Å²) in [7, 11) is 0. The number of carbonyl (C=O) groups excluding carboxylic acids is 1. The fourth-order valence-electron chi connectivity index (χ4n) is 3.50. The Morgan fingerprint density at radius 1 is 0.969 bits per heavy atom. The van der Waals surface area contributed by atoms with Crippen molar-refractivity contribution in [3.63, 3.8) is 0 Å². The summed E-state index contributed by atoms with van der Waals surface area (Å²) in [4.78, 5) is 24.5. The van der Waals surface area contributed by atoms with Crippen LogP contribution in [0.25, 0.3) is 22.1 Å². The molecule has 0 atom stereocenters. The Bertz CT molecular complexity index is 1290. The second-order valence-corrected chi connectivity index (χ2v) is 7.20. The summed E-state index contributed by atoms with van der Waals surface area (Å²) < 4.78 is 16.6. The highest BCUT2D eigenvalue weighted by atomic mass is 16.5. The maximum atomic E-state index is 12.3. The van der Waals surface area contributed by atoms with Crippen LogP contribution in [-0.4, -0.2) is 19.1 Å². The van der Waals surface area contributed by atoms with Gasteiger partial charge >= 0.3 is 5.63 Å². The molecule has 0 bridgehead atoms. The van der Waals surface area contributed by atoms with E-state index >= 15 is 0 Å². The fourth-order valence-corrected chi connectivity index (χ4v) is 3.50. The molecular formula is C26H23NO5. The molecular weight excluding hydrogens is 406 g/mol. The molecule has 0 fully saturated rings. The van der Waals surface area contributed by atoms with Crippen molar-refractivity contribution < 1.29 is 18.7 Å². The van der Waals surface area contributed by atoms with Crippen LogP contribution in [-0.2, 0) is 4.79 Å². The Morgan fingerprint density at radius 2 is 1.72 bits per heavy atom. The Kier molecular flexibility index (Phi) is 6.22. The first-order valence-electron chi connectivity index (χ1n) is 10.3. The van der Waals surface area contributed by atoms with Crippen LogP contribution in [0, 0.1) is 6.92 Å². The molecule has 1 aromatic heterocycles. The number of rotatable bonds is 7. The lowest BCUT2D eigenvalue weighted by atomic mass is 10.0. The molecule has 0 saturated heterocycles. The van der Waals surface area contributed by atoms with E-state index in [9.17, 15) is 9.59 Å². The lowest BCUT2D eigenvalue weighted by Gasteiger charge is -2.13. The van der Waals surface area contributed by atoms with Gasteiger partial charge in [-0.2, -0.15) is 0 Å². The highest BCUT2D eigenvalue weighted by molar-refractivity contribution is 5.96. The third-order valence-electron chi connectivity index (χ3n) is 5.00. The van der Waals surface area contributed by atoms with E-state index in [2.05, 4.69) is 5.32 Å². The standard InChI is InChI=1S/C26H23NO5/c1-3-30-20-11-9-19(10-12-20)27-24(28)16-31-23-14-13-21-22(18-7-5-4-6-8-18)15-25(29)32-26(21)17(23)2/h4-15H,3,16H2,1-2H3,(H,27,28). The van der Waals surface area contributed by atoms with Crippen LogP contribution in [0.2, 0.25) is 0 Å². The molecule has 1 amide bonds. The molecule has 162 valence electrons. The number of hydrogen-bond acceptors (Lipinski definition) is 5. The Morgan fingerprint density at radius 3 is 2.44 bits per heavy atom. The molecule has 0 unspecified atom stereocenters. The molecule has 0 aliphatic rings. The normalized spacial score (nSPS) is 10.7. The number of anilines is 1. The monoisotopic (exact) mass is 429 g/mol. The van der Waals surface area contributed by atoms with Crippen LogP contribution in [0.5, 0.6) is 11.5 Å². The second-order valence-electron chi connectivity index (χ2n) is 7.20. The molecule has 1 N–H and O–H groups in total. The van der Waals surface area contributed by atoms with E-state index in [4.69, 9.17) is 13.9 Å². The Labute approximate surface area is 185 Å². The van der Waals surface area contributed by atoms with Gasteiger partial charge in [-0.05, 0) is 61.4 Å². The zero-order valence-corrected chi connectivity index (χ0v) is 17.9. The summed E-state index contributed by atoms with van der Waals surface area (Å²) in [5.41, 5.74) is 3.03. The molecule has 1 heterocycles. The van der Waals surface area contributed by atoms with Crippen LogP contribution in [0.15, 0.2) is 82.0 Å². The van der Waals surface area contributed by atoms with E-state index in [1.54, 1.807) is 37.3 Å². The van der Waals surface area contributed by atoms with E-state index in [-0.39, 0.29) is 12.5 Å². The Hall–Kier alpha value is -4.06. The smallest absolute Gasteiger partial charge is 0.336 e. The molecule has 6 heteroatoms. The quantitative estimate of drug-likeness (QED) is 0.409. The lowest BCUT2D eigenvalue weighted by Crippen LogP contribution is -2.20. The molecule has 32 heavy (non-hydrogen) atoms. The fraction of sp³-hybridized carbons (Fsp3) is 0.154. The van der Waals surface area contributed by atoms with Gasteiger partial charge in [0.25, 0.3) is 5.91 Å². The molecule has 0 aliphatic carbocycles. The zero-order valence-electron chi connectivity index (χ0n) is 17.9. The molecule has 6 nitrogen and oxygen atoms in total. The van der Waals surface area contributed by atoms with Gasteiger partial charge in [-0.3, -0.25) is 4.79 Å². The summed E-state index contributed by atoms with van der Waals surface area (Å²) in [6, 6.07) is 21.9. The number of carbonyl (C=O) groups is 1. The average Bonchev–Trinajstić information content (AvgIpc) is 2.80. The predicted octanol–water partition coefficient (Wildman–Crippen LogP) is 5.18. The number of amides is 1. The maximum Gasteiger partial charge on any atom is 0.336 e. The summed E-state index contributed by atoms with van der Waals surface area (Å²) in [6.45, 7) is 4.12. The van der Waals surface area contributed by atoms with Gasteiger partial charge in [0.15, 0.2) is 6.61 Å². The van der Waals surface area contributed by atoms with Gasteiger partial charge in [0.1, 0.15) is 17.1 Å². The van der Waals surface area contributed by atoms with Crippen molar-refractivity contribution in [3.8, 4) is 22.6 Å². The molecule has 0 spiro atoms. The summed E-state index contributed by atoms with van der Waals surface area (Å²) in [6.07, 6.45) is 0. The van der Waals surface area contributed by atoms with Gasteiger partial charge < -0.3 is 19.2 Å². The first kappa shape index (κ1) is 21.2. The first-order chi connectivity index (χ1) is 15.5. The number of hydrogen-bond donors (Lipinski definition) is 1. The van der Waals surface area contributed by atoms with E-state index < -0.39 is 5.63 Å². The van der Waals surface area contributed by atoms with Gasteiger partial charge in [0.05, 0.1) is 6.61 Å². The molecule has 0 radical (unpaired) electrons. The molecule has 4 rings (SSSR count). The first-order valence-corrected chi connectivity index (χ1v) is 10.3. The second kappa shape index (κ2) is 9.39. The van der Waals surface area contributed by atoms with Gasteiger partial charge in [0.2, 0.25) is 0 Å². The highest BCUT2D eigenvalue weighted by Crippen LogP contribution is 2.33. The average molecular weight is 429 g/mol. The van der Waals surface area contributed by atoms with E-state index in [1.807, 2.05) is 43.3 Å². The number of fused-ring (bicyclic) bond motifs is 1. The number of ether oxygens (including phenoxy) is 2. The van der Waals surface area contributed by atoms with Crippen LogP contribution in [0.1, 0.15) is 12.5 Å². The molecule has 0 aliphatic heterocycles. The van der Waals surface area contributed by atoms with Crippen LogP contribution in [0.3, 0.4) is 0 Å². The molecule has 0 saturated carbocycles. The van der Waals surface area contributed by atoms with Crippen LogP contribution in [0.4, 0.5) is 5.69 Å². The van der Waals surface area contributed by atoms with Crippen molar-refractivity contribution >= 4 is 22.6 Å². The number of benzene rings is 3. The van der Waals surface area contributed by atoms with Gasteiger partial charge in [-0.15, -0.1) is 0 Å². The van der Waals surface area contributed by atoms with E-state index in [0.717, 1.165) is 22.3 Å². The van der Waals surface area contributed by atoms with Crippen LogP contribution >= 0.6 is 0 Å². The Balaban J connectivity index is 1.52. The summed E-state index contributed by atoms with van der Waals surface area (Å²) >= 11 is 0. The van der Waals surface area contributed by atoms with Crippen LogP contribution < -0.4 is 20.4 Å². The zero-order chi connectivity index (χ0) is 22.5. The minimum Gasteiger partial charge on any atom is -0.494 e. The van der Waals surface area contributed by atoms with Crippen molar-refractivity contribution in [1.29, 1.82) is 0 Å². The molecule has 3 aromatic carbocycles. The van der Waals surface area contributed by atoms with Crippen molar-refractivity contribution in [3.05, 3.63) is 88.8 Å². The summed E-state index contributed by atoms with van der Waals surface area (Å²) in [5, 5.41) is 3.59. The summed E-state index contributed by atoms with van der Waals surface area (Å²) in [5.74, 6) is 0.922. The van der Waals surface area contributed by atoms with Gasteiger partial charge in [-0.1, -0.05) is 30.3 Å². The van der Waals surface area contributed by atoms with Gasteiger partial charge in [0, 0.05) is 22.7 Å². The third kappa shape index (κ3) is 4.64. The van der Waals surface area contributed by atoms with Crippen molar-refractivity contribution in [2.24, 2.45) is 0 Å². The van der Waals surface area contributed by atoms with Crippen molar-refractivity contribution in [2.75, 3.05) is 18.5 Å². The maximum absolute atomic E-state index is 12.3. The number of aryl methyl sites for hydroxylation is 1. The lowest BCUT2D eigenvalue weighted by molar-refractivity contribution is -0.118. The highest BCUT2D eigenvalue weighted by Gasteiger charge is 2.14. The van der Waals surface area contributed by atoms with Gasteiger partial charge in [-0.25, -0.2) is 4.79 Å². The molecule has 4 aromatic rings. The number of nitrogens with one attached hydrogen (secondary N) is 1. The van der Waals surface area contributed by atoms with Crippen molar-refractivity contribution in [1.82, 2.24) is 0 Å². The topological polar surface area (TPSA) is 77.8 Å². The SMILES string of the molecule is CCOc1ccc(NC(=O)COc2ccc3c(-c4ccccc4)cc(=O)oc3c2C)cc1.